The quantitative estimate of drug-likeness (QED) is 0.908. The van der Waals surface area contributed by atoms with Crippen LogP contribution in [0.4, 0.5) is 4.79 Å². The topological polar surface area (TPSA) is 70.1 Å². The first-order valence-corrected chi connectivity index (χ1v) is 6.89. The minimum absolute atomic E-state index is 0.117. The Morgan fingerprint density at radius 2 is 1.95 bits per heavy atom. The number of amides is 2. The Hall–Kier alpha value is -2.08. The Bertz CT molecular complexity index is 504. The molecule has 1 saturated heterocycles. The van der Waals surface area contributed by atoms with Gasteiger partial charge in [-0.15, -0.1) is 0 Å². The van der Waals surface area contributed by atoms with Gasteiger partial charge in [0, 0.05) is 14.1 Å². The van der Waals surface area contributed by atoms with E-state index in [1.54, 1.807) is 14.1 Å². The predicted molar refractivity (Wildman–Crippen MR) is 76.2 cm³/mol. The molecule has 1 aromatic rings. The third-order valence-electron chi connectivity index (χ3n) is 3.50. The minimum atomic E-state index is -0.970. The summed E-state index contributed by atoms with van der Waals surface area (Å²) in [4.78, 5) is 26.7. The molecule has 1 heterocycles. The summed E-state index contributed by atoms with van der Waals surface area (Å²) in [5.41, 5.74) is 0.857. The van der Waals surface area contributed by atoms with Crippen molar-refractivity contribution in [1.82, 2.24) is 9.80 Å². The van der Waals surface area contributed by atoms with Crippen LogP contribution in [0.1, 0.15) is 18.4 Å². The Kier molecular flexibility index (Phi) is 4.80. The third-order valence-corrected chi connectivity index (χ3v) is 3.50. The lowest BCUT2D eigenvalue weighted by Gasteiger charge is -2.27. The van der Waals surface area contributed by atoms with Crippen molar-refractivity contribution in [2.24, 2.45) is 0 Å². The fourth-order valence-electron chi connectivity index (χ4n) is 2.38. The van der Waals surface area contributed by atoms with E-state index in [0.29, 0.717) is 12.8 Å². The highest BCUT2D eigenvalue weighted by Gasteiger charge is 2.41. The molecule has 6 heteroatoms. The number of benzene rings is 1. The van der Waals surface area contributed by atoms with Crippen LogP contribution < -0.4 is 0 Å². The van der Waals surface area contributed by atoms with Crippen molar-refractivity contribution >= 4 is 12.0 Å². The Balaban J connectivity index is 2.00. The van der Waals surface area contributed by atoms with Crippen molar-refractivity contribution < 1.29 is 19.4 Å². The van der Waals surface area contributed by atoms with Crippen LogP contribution in [0.3, 0.4) is 0 Å². The summed E-state index contributed by atoms with van der Waals surface area (Å²) in [7, 11) is 3.25. The van der Waals surface area contributed by atoms with Crippen LogP contribution in [0.2, 0.25) is 0 Å². The van der Waals surface area contributed by atoms with Gasteiger partial charge in [-0.1, -0.05) is 30.3 Å². The number of rotatable bonds is 3. The molecule has 2 amide bonds. The molecule has 0 aliphatic carbocycles. The van der Waals surface area contributed by atoms with Crippen LogP contribution in [0, 0.1) is 0 Å². The van der Waals surface area contributed by atoms with Crippen LogP contribution in [0.25, 0.3) is 0 Å². The van der Waals surface area contributed by atoms with Crippen molar-refractivity contribution in [2.75, 3.05) is 14.1 Å². The number of hydrogen-bond acceptors (Lipinski definition) is 4. The maximum Gasteiger partial charge on any atom is 0.412 e. The average molecular weight is 292 g/mol. The first-order chi connectivity index (χ1) is 10.0. The highest BCUT2D eigenvalue weighted by atomic mass is 16.6. The third kappa shape index (κ3) is 3.52. The summed E-state index contributed by atoms with van der Waals surface area (Å²) < 4.78 is 5.20. The summed E-state index contributed by atoms with van der Waals surface area (Å²) in [6.07, 6.45) is -0.810. The molecule has 2 rings (SSSR count). The van der Waals surface area contributed by atoms with Gasteiger partial charge >= 0.3 is 6.09 Å². The van der Waals surface area contributed by atoms with Crippen LogP contribution in [0.15, 0.2) is 30.3 Å². The molecule has 21 heavy (non-hydrogen) atoms. The van der Waals surface area contributed by atoms with E-state index in [1.165, 1.54) is 4.90 Å². The van der Waals surface area contributed by atoms with Crippen LogP contribution in [-0.2, 0) is 16.1 Å². The zero-order valence-electron chi connectivity index (χ0n) is 12.2. The molecule has 1 aromatic carbocycles. The van der Waals surface area contributed by atoms with Gasteiger partial charge in [-0.05, 0) is 18.4 Å². The molecule has 1 unspecified atom stereocenters. The van der Waals surface area contributed by atoms with Crippen LogP contribution in [0.5, 0.6) is 0 Å². The average Bonchev–Trinajstić information content (AvgIpc) is 2.86. The SMILES string of the molecule is CN(C)C(=O)[C@@H]1CCC(O)N1C(=O)OCc1ccccc1. The zero-order valence-corrected chi connectivity index (χ0v) is 12.2. The fraction of sp³-hybridized carbons (Fsp3) is 0.467. The summed E-state index contributed by atoms with van der Waals surface area (Å²) in [5, 5.41) is 9.91. The van der Waals surface area contributed by atoms with E-state index in [2.05, 4.69) is 0 Å². The number of carbonyl (C=O) groups is 2. The number of ether oxygens (including phenoxy) is 1. The number of likely N-dealkylation sites (tertiary alicyclic amines) is 1. The van der Waals surface area contributed by atoms with Crippen LogP contribution in [-0.4, -0.2) is 53.3 Å². The van der Waals surface area contributed by atoms with Gasteiger partial charge in [0.2, 0.25) is 5.91 Å². The maximum atomic E-state index is 12.1. The van der Waals surface area contributed by atoms with Gasteiger partial charge in [0.1, 0.15) is 18.9 Å². The first-order valence-electron chi connectivity index (χ1n) is 6.89. The monoisotopic (exact) mass is 292 g/mol. The molecule has 0 radical (unpaired) electrons. The number of carbonyl (C=O) groups excluding carboxylic acids is 2. The lowest BCUT2D eigenvalue weighted by molar-refractivity contribution is -0.135. The fourth-order valence-corrected chi connectivity index (χ4v) is 2.38. The molecule has 0 bridgehead atoms. The Morgan fingerprint density at radius 3 is 2.57 bits per heavy atom. The van der Waals surface area contributed by atoms with E-state index in [4.69, 9.17) is 4.74 Å². The second kappa shape index (κ2) is 6.58. The van der Waals surface area contributed by atoms with Crippen molar-refractivity contribution in [3.8, 4) is 0 Å². The van der Waals surface area contributed by atoms with E-state index in [1.807, 2.05) is 30.3 Å². The largest absolute Gasteiger partial charge is 0.444 e. The minimum Gasteiger partial charge on any atom is -0.444 e. The molecule has 0 aromatic heterocycles. The molecular formula is C15H20N2O4. The highest BCUT2D eigenvalue weighted by molar-refractivity contribution is 5.86. The number of hydrogen-bond donors (Lipinski definition) is 1. The van der Waals surface area contributed by atoms with Crippen molar-refractivity contribution in [1.29, 1.82) is 0 Å². The number of aliphatic hydroxyl groups excluding tert-OH is 1. The Labute approximate surface area is 123 Å². The van der Waals surface area contributed by atoms with Gasteiger partial charge in [0.25, 0.3) is 0 Å². The van der Waals surface area contributed by atoms with Gasteiger partial charge in [0.05, 0.1) is 0 Å². The molecule has 0 spiro atoms. The predicted octanol–water partition coefficient (Wildman–Crippen LogP) is 1.19. The second-order valence-corrected chi connectivity index (χ2v) is 5.25. The van der Waals surface area contributed by atoms with E-state index in [-0.39, 0.29) is 12.5 Å². The van der Waals surface area contributed by atoms with E-state index >= 15 is 0 Å². The highest BCUT2D eigenvalue weighted by Crippen LogP contribution is 2.25. The van der Waals surface area contributed by atoms with E-state index < -0.39 is 18.4 Å². The standard InChI is InChI=1S/C15H20N2O4/c1-16(2)14(19)12-8-9-13(18)17(12)15(20)21-10-11-6-4-3-5-7-11/h3-7,12-13,18H,8-10H2,1-2H3/t12-,13?/m0/s1. The summed E-state index contributed by atoms with van der Waals surface area (Å²) in [6, 6.07) is 8.62. The molecule has 1 aliphatic rings. The van der Waals surface area contributed by atoms with Crippen molar-refractivity contribution in [2.45, 2.75) is 31.7 Å². The maximum absolute atomic E-state index is 12.1. The second-order valence-electron chi connectivity index (χ2n) is 5.25. The normalized spacial score (nSPS) is 21.2. The number of aliphatic hydroxyl groups is 1. The van der Waals surface area contributed by atoms with Gasteiger partial charge in [-0.25, -0.2) is 4.79 Å². The molecule has 2 atom stereocenters. The van der Waals surface area contributed by atoms with Crippen molar-refractivity contribution in [3.05, 3.63) is 35.9 Å². The van der Waals surface area contributed by atoms with Gasteiger partial charge in [-0.2, -0.15) is 0 Å². The molecule has 0 saturated carbocycles. The molecule has 1 fully saturated rings. The van der Waals surface area contributed by atoms with E-state index in [0.717, 1.165) is 10.5 Å². The molecule has 1 N–H and O–H groups in total. The Morgan fingerprint density at radius 1 is 1.29 bits per heavy atom. The molecule has 1 aliphatic heterocycles. The number of nitrogens with zero attached hydrogens (tertiary/aromatic N) is 2. The molecule has 114 valence electrons. The van der Waals surface area contributed by atoms with Crippen molar-refractivity contribution in [3.63, 3.8) is 0 Å². The smallest absolute Gasteiger partial charge is 0.412 e. The van der Waals surface area contributed by atoms with Gasteiger partial charge in [-0.3, -0.25) is 9.69 Å². The summed E-state index contributed by atoms with van der Waals surface area (Å²) in [5.74, 6) is -0.205. The summed E-state index contributed by atoms with van der Waals surface area (Å²) >= 11 is 0. The number of likely N-dealkylation sites (N-methyl/N-ethyl adjacent to an activating group) is 1. The van der Waals surface area contributed by atoms with Crippen LogP contribution >= 0.6 is 0 Å². The molecule has 6 nitrogen and oxygen atoms in total. The lowest BCUT2D eigenvalue weighted by Crippen LogP contribution is -2.48. The van der Waals surface area contributed by atoms with E-state index in [9.17, 15) is 14.7 Å². The molecular weight excluding hydrogens is 272 g/mol. The first kappa shape index (κ1) is 15.3. The zero-order chi connectivity index (χ0) is 15.4. The van der Waals surface area contributed by atoms with Gasteiger partial charge < -0.3 is 14.7 Å². The lowest BCUT2D eigenvalue weighted by atomic mass is 10.2. The summed E-state index contributed by atoms with van der Waals surface area (Å²) in [6.45, 7) is 0.117. The van der Waals surface area contributed by atoms with Gasteiger partial charge in [0.15, 0.2) is 0 Å².